The van der Waals surface area contributed by atoms with Gasteiger partial charge in [-0.25, -0.2) is 4.98 Å². The highest BCUT2D eigenvalue weighted by atomic mass is 35.5. The molecule has 3 nitrogen and oxygen atoms in total. The van der Waals surface area contributed by atoms with Crippen molar-refractivity contribution in [2.75, 3.05) is 11.6 Å². The molecule has 0 saturated heterocycles. The molecule has 19 heavy (non-hydrogen) atoms. The average molecular weight is 293 g/mol. The average Bonchev–Trinajstić information content (AvgIpc) is 2.39. The number of thioether (sulfide) groups is 1. The summed E-state index contributed by atoms with van der Waals surface area (Å²) in [5.74, 6) is 0.366. The molecule has 0 aliphatic rings. The molecular weight excluding hydrogens is 280 g/mol. The highest BCUT2D eigenvalue weighted by molar-refractivity contribution is 7.98. The van der Waals surface area contributed by atoms with Crippen molar-refractivity contribution in [2.24, 2.45) is 0 Å². The lowest BCUT2D eigenvalue weighted by atomic mass is 10.1. The number of amides is 1. The second kappa shape index (κ2) is 6.59. The lowest BCUT2D eigenvalue weighted by molar-refractivity contribution is -0.115. The van der Waals surface area contributed by atoms with E-state index in [1.165, 1.54) is 4.90 Å². The van der Waals surface area contributed by atoms with E-state index in [4.69, 9.17) is 11.6 Å². The van der Waals surface area contributed by atoms with E-state index in [0.29, 0.717) is 17.3 Å². The molecule has 2 aromatic rings. The summed E-state index contributed by atoms with van der Waals surface area (Å²) in [5.41, 5.74) is 0.970. The molecule has 1 aromatic carbocycles. The van der Waals surface area contributed by atoms with Crippen LogP contribution in [0.5, 0.6) is 0 Å². The molecule has 98 valence electrons. The van der Waals surface area contributed by atoms with E-state index in [-0.39, 0.29) is 5.91 Å². The Balaban J connectivity index is 1.97. The van der Waals surface area contributed by atoms with Gasteiger partial charge in [0.15, 0.2) is 0 Å². The molecular formula is C14H13ClN2OS. The standard InChI is InChI=1S/C14H13ClN2OS/c1-19-12-4-2-10(3-5-12)8-14(18)17-13-9-11(15)6-7-16-13/h2-7,9H,8H2,1H3,(H,16,17,18). The Labute approximate surface area is 121 Å². The van der Waals surface area contributed by atoms with Crippen molar-refractivity contribution < 1.29 is 4.79 Å². The summed E-state index contributed by atoms with van der Waals surface area (Å²) in [7, 11) is 0. The Morgan fingerprint density at radius 3 is 2.68 bits per heavy atom. The summed E-state index contributed by atoms with van der Waals surface area (Å²) in [4.78, 5) is 17.1. The van der Waals surface area contributed by atoms with Gasteiger partial charge in [-0.05, 0) is 36.1 Å². The van der Waals surface area contributed by atoms with E-state index in [2.05, 4.69) is 10.3 Å². The first-order valence-corrected chi connectivity index (χ1v) is 7.32. The monoisotopic (exact) mass is 292 g/mol. The van der Waals surface area contributed by atoms with Gasteiger partial charge >= 0.3 is 0 Å². The number of halogens is 1. The Morgan fingerprint density at radius 2 is 2.05 bits per heavy atom. The number of carbonyl (C=O) groups is 1. The van der Waals surface area contributed by atoms with E-state index in [0.717, 1.165) is 5.56 Å². The normalized spacial score (nSPS) is 10.2. The van der Waals surface area contributed by atoms with Crippen LogP contribution in [-0.2, 0) is 11.2 Å². The number of nitrogens with zero attached hydrogens (tertiary/aromatic N) is 1. The molecule has 0 bridgehead atoms. The van der Waals surface area contributed by atoms with Crippen molar-refractivity contribution in [3.8, 4) is 0 Å². The molecule has 0 atom stereocenters. The van der Waals surface area contributed by atoms with Crippen LogP contribution in [0.15, 0.2) is 47.5 Å². The second-order valence-corrected chi connectivity index (χ2v) is 5.25. The van der Waals surface area contributed by atoms with Gasteiger partial charge in [-0.1, -0.05) is 23.7 Å². The largest absolute Gasteiger partial charge is 0.310 e. The highest BCUT2D eigenvalue weighted by Crippen LogP contribution is 2.16. The second-order valence-electron chi connectivity index (χ2n) is 3.93. The molecule has 1 aromatic heterocycles. The van der Waals surface area contributed by atoms with Gasteiger partial charge in [-0.3, -0.25) is 4.79 Å². The van der Waals surface area contributed by atoms with Crippen LogP contribution in [0.4, 0.5) is 5.82 Å². The predicted molar refractivity (Wildman–Crippen MR) is 79.8 cm³/mol. The Kier molecular flexibility index (Phi) is 4.82. The van der Waals surface area contributed by atoms with Crippen LogP contribution in [0.1, 0.15) is 5.56 Å². The highest BCUT2D eigenvalue weighted by Gasteiger charge is 2.05. The van der Waals surface area contributed by atoms with E-state index >= 15 is 0 Å². The maximum absolute atomic E-state index is 11.8. The van der Waals surface area contributed by atoms with E-state index in [9.17, 15) is 4.79 Å². The van der Waals surface area contributed by atoms with Crippen molar-refractivity contribution in [3.05, 3.63) is 53.2 Å². The number of carbonyl (C=O) groups excluding carboxylic acids is 1. The molecule has 2 rings (SSSR count). The van der Waals surface area contributed by atoms with Gasteiger partial charge in [0, 0.05) is 16.1 Å². The number of aromatic nitrogens is 1. The van der Waals surface area contributed by atoms with Crippen LogP contribution in [0.2, 0.25) is 5.02 Å². The molecule has 0 aliphatic heterocycles. The zero-order valence-electron chi connectivity index (χ0n) is 10.4. The van der Waals surface area contributed by atoms with Crippen molar-refractivity contribution in [3.63, 3.8) is 0 Å². The van der Waals surface area contributed by atoms with Gasteiger partial charge in [-0.2, -0.15) is 0 Å². The molecule has 0 spiro atoms. The lowest BCUT2D eigenvalue weighted by Gasteiger charge is -2.05. The zero-order chi connectivity index (χ0) is 13.7. The first-order valence-electron chi connectivity index (χ1n) is 5.72. The smallest absolute Gasteiger partial charge is 0.229 e. The first-order chi connectivity index (χ1) is 9.17. The minimum atomic E-state index is -0.105. The van der Waals surface area contributed by atoms with Crippen LogP contribution in [-0.4, -0.2) is 17.1 Å². The van der Waals surface area contributed by atoms with Crippen LogP contribution in [0, 0.1) is 0 Å². The van der Waals surface area contributed by atoms with Crippen molar-refractivity contribution in [2.45, 2.75) is 11.3 Å². The molecule has 0 aliphatic carbocycles. The Hall–Kier alpha value is -1.52. The zero-order valence-corrected chi connectivity index (χ0v) is 12.0. The third kappa shape index (κ3) is 4.26. The predicted octanol–water partition coefficient (Wildman–Crippen LogP) is 3.64. The molecule has 0 radical (unpaired) electrons. The summed E-state index contributed by atoms with van der Waals surface area (Å²) < 4.78 is 0. The quantitative estimate of drug-likeness (QED) is 0.875. The van der Waals surface area contributed by atoms with Gasteiger partial charge in [-0.15, -0.1) is 11.8 Å². The third-order valence-corrected chi connectivity index (χ3v) is 3.49. The van der Waals surface area contributed by atoms with E-state index in [1.807, 2.05) is 30.5 Å². The fourth-order valence-electron chi connectivity index (χ4n) is 1.59. The van der Waals surface area contributed by atoms with Crippen molar-refractivity contribution >= 4 is 35.1 Å². The molecule has 1 amide bonds. The number of rotatable bonds is 4. The van der Waals surface area contributed by atoms with Crippen molar-refractivity contribution in [1.82, 2.24) is 4.98 Å². The van der Waals surface area contributed by atoms with Crippen LogP contribution in [0.25, 0.3) is 0 Å². The summed E-state index contributed by atoms with van der Waals surface area (Å²) in [5, 5.41) is 3.27. The number of hydrogen-bond acceptors (Lipinski definition) is 3. The minimum Gasteiger partial charge on any atom is -0.310 e. The Morgan fingerprint density at radius 1 is 1.32 bits per heavy atom. The maximum Gasteiger partial charge on any atom is 0.229 e. The first kappa shape index (κ1) is 13.9. The Bertz CT molecular complexity index is 572. The number of benzene rings is 1. The van der Waals surface area contributed by atoms with Crippen LogP contribution >= 0.6 is 23.4 Å². The topological polar surface area (TPSA) is 42.0 Å². The lowest BCUT2D eigenvalue weighted by Crippen LogP contribution is -2.15. The molecule has 0 saturated carbocycles. The van der Waals surface area contributed by atoms with Gasteiger partial charge in [0.1, 0.15) is 5.82 Å². The summed E-state index contributed by atoms with van der Waals surface area (Å²) in [6.45, 7) is 0. The number of hydrogen-bond donors (Lipinski definition) is 1. The van der Waals surface area contributed by atoms with Crippen LogP contribution < -0.4 is 5.32 Å². The van der Waals surface area contributed by atoms with E-state index in [1.54, 1.807) is 30.1 Å². The SMILES string of the molecule is CSc1ccc(CC(=O)Nc2cc(Cl)ccn2)cc1. The van der Waals surface area contributed by atoms with Crippen LogP contribution in [0.3, 0.4) is 0 Å². The number of pyridine rings is 1. The summed E-state index contributed by atoms with van der Waals surface area (Å²) in [6, 6.07) is 11.2. The fourth-order valence-corrected chi connectivity index (χ4v) is 2.16. The molecule has 1 heterocycles. The van der Waals surface area contributed by atoms with Gasteiger partial charge in [0.2, 0.25) is 5.91 Å². The van der Waals surface area contributed by atoms with Crippen molar-refractivity contribution in [1.29, 1.82) is 0 Å². The van der Waals surface area contributed by atoms with E-state index < -0.39 is 0 Å². The maximum atomic E-state index is 11.8. The minimum absolute atomic E-state index is 0.105. The molecule has 5 heteroatoms. The third-order valence-electron chi connectivity index (χ3n) is 2.51. The summed E-state index contributed by atoms with van der Waals surface area (Å²) in [6.07, 6.45) is 3.90. The summed E-state index contributed by atoms with van der Waals surface area (Å²) >= 11 is 7.50. The van der Waals surface area contributed by atoms with Gasteiger partial charge < -0.3 is 5.32 Å². The number of nitrogens with one attached hydrogen (secondary N) is 1. The molecule has 0 unspecified atom stereocenters. The fraction of sp³-hybridized carbons (Fsp3) is 0.143. The number of anilines is 1. The van der Waals surface area contributed by atoms with Gasteiger partial charge in [0.05, 0.1) is 6.42 Å². The molecule has 0 fully saturated rings. The molecule has 1 N–H and O–H groups in total. The van der Waals surface area contributed by atoms with Gasteiger partial charge in [0.25, 0.3) is 0 Å².